The van der Waals surface area contributed by atoms with E-state index in [-0.39, 0.29) is 11.5 Å². The van der Waals surface area contributed by atoms with Gasteiger partial charge in [0.25, 0.3) is 0 Å². The molecule has 1 aromatic carbocycles. The number of H-pyrrole nitrogens is 1. The fourth-order valence-corrected chi connectivity index (χ4v) is 9.59. The van der Waals surface area contributed by atoms with Gasteiger partial charge in [-0.2, -0.15) is 0 Å². The third kappa shape index (κ3) is 4.18. The predicted octanol–water partition coefficient (Wildman–Crippen LogP) is 6.86. The van der Waals surface area contributed by atoms with Gasteiger partial charge >= 0.3 is 0 Å². The summed E-state index contributed by atoms with van der Waals surface area (Å²) in [5, 5.41) is 15.5. The highest BCUT2D eigenvalue weighted by Gasteiger charge is 2.65. The van der Waals surface area contributed by atoms with Gasteiger partial charge in [-0.05, 0) is 114 Å². The SMILES string of the molecule is O[C@]12C=C(c3nccc4c3[nH]c3ccccc34)[C@@H]3CCN(CCCC/C=C\CC1)C[C@@]31C[C@H]3C=CCCCCN3[C@H]12. The van der Waals surface area contributed by atoms with E-state index in [2.05, 4.69) is 75.5 Å². The summed E-state index contributed by atoms with van der Waals surface area (Å²) in [6.45, 7) is 4.47. The molecule has 2 fully saturated rings. The van der Waals surface area contributed by atoms with Crippen molar-refractivity contribution in [3.63, 3.8) is 0 Å². The van der Waals surface area contributed by atoms with Crippen LogP contribution >= 0.6 is 0 Å². The van der Waals surface area contributed by atoms with Crippen LogP contribution in [0.2, 0.25) is 0 Å². The van der Waals surface area contributed by atoms with E-state index >= 15 is 0 Å². The van der Waals surface area contributed by atoms with Crippen LogP contribution in [0, 0.1) is 11.3 Å². The Morgan fingerprint density at radius 1 is 0.902 bits per heavy atom. The highest BCUT2D eigenvalue weighted by Crippen LogP contribution is 2.61. The van der Waals surface area contributed by atoms with E-state index in [4.69, 9.17) is 4.98 Å². The largest absolute Gasteiger partial charge is 0.384 e. The van der Waals surface area contributed by atoms with E-state index in [1.165, 1.54) is 55.0 Å². The summed E-state index contributed by atoms with van der Waals surface area (Å²) in [6, 6.07) is 11.3. The van der Waals surface area contributed by atoms with E-state index in [0.717, 1.165) is 68.5 Å². The number of aromatic nitrogens is 2. The molecule has 1 unspecified atom stereocenters. The summed E-state index contributed by atoms with van der Waals surface area (Å²) >= 11 is 0. The van der Waals surface area contributed by atoms with Crippen molar-refractivity contribution in [2.24, 2.45) is 11.3 Å². The number of allylic oxidation sites excluding steroid dienone is 4. The summed E-state index contributed by atoms with van der Waals surface area (Å²) < 4.78 is 0. The Labute approximate surface area is 244 Å². The topological polar surface area (TPSA) is 55.4 Å². The predicted molar refractivity (Wildman–Crippen MR) is 168 cm³/mol. The molecule has 0 radical (unpaired) electrons. The molecule has 0 amide bonds. The molecule has 5 heteroatoms. The second kappa shape index (κ2) is 10.2. The van der Waals surface area contributed by atoms with Crippen LogP contribution in [0.3, 0.4) is 0 Å². The zero-order valence-electron chi connectivity index (χ0n) is 24.3. The Balaban J connectivity index is 1.35. The van der Waals surface area contributed by atoms with Crippen molar-refractivity contribution in [1.29, 1.82) is 0 Å². The van der Waals surface area contributed by atoms with Gasteiger partial charge in [-0.25, -0.2) is 0 Å². The lowest BCUT2D eigenvalue weighted by atomic mass is 9.54. The zero-order valence-corrected chi connectivity index (χ0v) is 24.3. The molecule has 5 aliphatic rings. The zero-order chi connectivity index (χ0) is 27.4. The first kappa shape index (κ1) is 25.9. The molecule has 4 aliphatic heterocycles. The summed E-state index contributed by atoms with van der Waals surface area (Å²) in [4.78, 5) is 14.4. The molecule has 3 aromatic rings. The lowest BCUT2D eigenvalue weighted by molar-refractivity contribution is -0.0894. The van der Waals surface area contributed by atoms with E-state index in [1.807, 2.05) is 6.20 Å². The quantitative estimate of drug-likeness (QED) is 0.326. The summed E-state index contributed by atoms with van der Waals surface area (Å²) in [7, 11) is 0. The molecule has 0 saturated carbocycles. The highest BCUT2D eigenvalue weighted by molar-refractivity contribution is 6.09. The van der Waals surface area contributed by atoms with Crippen molar-refractivity contribution >= 4 is 27.4 Å². The number of rotatable bonds is 1. The molecule has 1 aliphatic carbocycles. The number of pyridine rings is 1. The molecule has 214 valence electrons. The smallest absolute Gasteiger partial charge is 0.0998 e. The average Bonchev–Trinajstić information content (AvgIpc) is 3.49. The Morgan fingerprint density at radius 3 is 2.71 bits per heavy atom. The van der Waals surface area contributed by atoms with Crippen LogP contribution in [0.5, 0.6) is 0 Å². The molecule has 6 heterocycles. The number of hydrogen-bond acceptors (Lipinski definition) is 4. The molecule has 3 bridgehead atoms. The van der Waals surface area contributed by atoms with Crippen molar-refractivity contribution in [1.82, 2.24) is 19.8 Å². The summed E-state index contributed by atoms with van der Waals surface area (Å²) in [6.07, 6.45) is 25.2. The minimum Gasteiger partial charge on any atom is -0.384 e. The maximum atomic E-state index is 13.1. The monoisotopic (exact) mass is 548 g/mol. The van der Waals surface area contributed by atoms with Gasteiger partial charge in [0.2, 0.25) is 0 Å². The van der Waals surface area contributed by atoms with Gasteiger partial charge in [-0.3, -0.25) is 9.88 Å². The Kier molecular flexibility index (Phi) is 6.46. The lowest BCUT2D eigenvalue weighted by Crippen LogP contribution is -2.65. The Bertz CT molecular complexity index is 1530. The number of hydrogen-bond donors (Lipinski definition) is 2. The number of piperidine rings is 1. The first-order valence-electron chi connectivity index (χ1n) is 16.3. The number of aromatic amines is 1. The van der Waals surface area contributed by atoms with Gasteiger partial charge in [0.1, 0.15) is 0 Å². The first-order valence-corrected chi connectivity index (χ1v) is 16.3. The fraction of sp³-hybridized carbons (Fsp3) is 0.528. The standard InChI is InChI=1S/C36H44N4O/c41-36-18-10-4-1-2-5-11-20-39-22-17-30(35(25-39)23-26-13-7-3-6-12-21-40(26)34(35)36)29(24-36)32-33-28(16-19-37-32)27-14-8-9-15-31(27)38-33/h1,4,7-9,13-16,19,24,26,30,34,38,41H,2-3,5-6,10-12,17-18,20-23,25H2/b4-1-,13-7?/t26-,30+,34-,35+,36+/m1/s1. The summed E-state index contributed by atoms with van der Waals surface area (Å²) in [5.74, 6) is 0.385. The molecular weight excluding hydrogens is 504 g/mol. The number of nitrogens with zero attached hydrogens (tertiary/aromatic N) is 3. The van der Waals surface area contributed by atoms with Crippen molar-refractivity contribution in [3.05, 3.63) is 72.6 Å². The van der Waals surface area contributed by atoms with Crippen LogP contribution < -0.4 is 0 Å². The molecular formula is C36H44N4O. The average molecular weight is 549 g/mol. The van der Waals surface area contributed by atoms with Crippen LogP contribution in [-0.4, -0.2) is 68.7 Å². The van der Waals surface area contributed by atoms with Crippen LogP contribution in [0.15, 0.2) is 66.9 Å². The number of nitrogens with one attached hydrogen (secondary N) is 1. The highest BCUT2D eigenvalue weighted by atomic mass is 16.3. The van der Waals surface area contributed by atoms with Gasteiger partial charge in [0, 0.05) is 40.5 Å². The first-order chi connectivity index (χ1) is 20.2. The van der Waals surface area contributed by atoms with Crippen molar-refractivity contribution in [2.75, 3.05) is 26.2 Å². The number of aliphatic hydroxyl groups is 1. The van der Waals surface area contributed by atoms with Crippen molar-refractivity contribution in [2.45, 2.75) is 81.9 Å². The lowest BCUT2D eigenvalue weighted by Gasteiger charge is -2.58. The Hall–Kier alpha value is -2.73. The number of benzene rings is 1. The van der Waals surface area contributed by atoms with Crippen molar-refractivity contribution in [3.8, 4) is 0 Å². The van der Waals surface area contributed by atoms with Gasteiger partial charge in [0.15, 0.2) is 0 Å². The summed E-state index contributed by atoms with van der Waals surface area (Å²) in [5.41, 5.74) is 3.74. The van der Waals surface area contributed by atoms with Crippen LogP contribution in [0.1, 0.15) is 69.9 Å². The molecule has 6 atom stereocenters. The molecule has 2 N–H and O–H groups in total. The second-order valence-corrected chi connectivity index (χ2v) is 13.5. The van der Waals surface area contributed by atoms with E-state index in [9.17, 15) is 5.11 Å². The Morgan fingerprint density at radius 2 is 1.76 bits per heavy atom. The maximum Gasteiger partial charge on any atom is 0.0998 e. The van der Waals surface area contributed by atoms with Crippen LogP contribution in [0.4, 0.5) is 0 Å². The van der Waals surface area contributed by atoms with E-state index < -0.39 is 5.60 Å². The van der Waals surface area contributed by atoms with Gasteiger partial charge in [-0.15, -0.1) is 0 Å². The minimum absolute atomic E-state index is 0.00403. The molecule has 2 saturated heterocycles. The van der Waals surface area contributed by atoms with E-state index in [0.29, 0.717) is 12.0 Å². The third-order valence-corrected chi connectivity index (χ3v) is 11.2. The second-order valence-electron chi connectivity index (χ2n) is 13.5. The van der Waals surface area contributed by atoms with Gasteiger partial charge in [-0.1, -0.05) is 42.5 Å². The van der Waals surface area contributed by atoms with E-state index in [1.54, 1.807) is 0 Å². The van der Waals surface area contributed by atoms with Crippen LogP contribution in [-0.2, 0) is 0 Å². The fourth-order valence-electron chi connectivity index (χ4n) is 9.59. The third-order valence-electron chi connectivity index (χ3n) is 11.2. The number of para-hydroxylation sites is 1. The van der Waals surface area contributed by atoms with Gasteiger partial charge < -0.3 is 15.0 Å². The molecule has 1 spiro atoms. The minimum atomic E-state index is -0.898. The van der Waals surface area contributed by atoms with Gasteiger partial charge in [0.05, 0.1) is 22.9 Å². The molecule has 8 rings (SSSR count). The number of fused-ring (bicyclic) bond motifs is 5. The molecule has 41 heavy (non-hydrogen) atoms. The molecule has 5 nitrogen and oxygen atoms in total. The normalized spacial score (nSPS) is 36.9. The maximum absolute atomic E-state index is 13.1. The van der Waals surface area contributed by atoms with Crippen molar-refractivity contribution < 1.29 is 5.11 Å². The van der Waals surface area contributed by atoms with Crippen LogP contribution in [0.25, 0.3) is 27.4 Å². The molecule has 2 aromatic heterocycles.